The first-order valence-corrected chi connectivity index (χ1v) is 6.20. The zero-order valence-corrected chi connectivity index (χ0v) is 9.26. The average Bonchev–Trinajstić information content (AvgIpc) is 2.58. The summed E-state index contributed by atoms with van der Waals surface area (Å²) in [4.78, 5) is 2.56. The topological polar surface area (TPSA) is 15.3 Å². The molecule has 3 aliphatic rings. The van der Waals surface area contributed by atoms with Gasteiger partial charge in [-0.1, -0.05) is 12.8 Å². The van der Waals surface area contributed by atoms with Crippen molar-refractivity contribution in [1.82, 2.24) is 10.2 Å². The summed E-state index contributed by atoms with van der Waals surface area (Å²) in [7, 11) is 2.30. The molecule has 2 saturated heterocycles. The van der Waals surface area contributed by atoms with Crippen LogP contribution in [0.25, 0.3) is 0 Å². The Labute approximate surface area is 87.0 Å². The van der Waals surface area contributed by atoms with Crippen LogP contribution in [0.4, 0.5) is 0 Å². The minimum atomic E-state index is 0.762. The van der Waals surface area contributed by atoms with Gasteiger partial charge in [0.1, 0.15) is 0 Å². The van der Waals surface area contributed by atoms with Crippen molar-refractivity contribution in [2.75, 3.05) is 33.2 Å². The van der Waals surface area contributed by atoms with E-state index in [1.807, 2.05) is 0 Å². The highest BCUT2D eigenvalue weighted by molar-refractivity contribution is 5.04. The van der Waals surface area contributed by atoms with Crippen LogP contribution in [0.2, 0.25) is 0 Å². The van der Waals surface area contributed by atoms with Crippen molar-refractivity contribution in [2.24, 2.45) is 17.3 Å². The Morgan fingerprint density at radius 3 is 2.21 bits per heavy atom. The number of nitrogens with zero attached hydrogens (tertiary/aromatic N) is 1. The lowest BCUT2D eigenvalue weighted by molar-refractivity contribution is -0.0362. The molecule has 0 aromatic heterocycles. The molecule has 0 aromatic rings. The molecular formula is C12H22N2. The second-order valence-corrected chi connectivity index (χ2v) is 5.71. The van der Waals surface area contributed by atoms with E-state index in [2.05, 4.69) is 17.3 Å². The number of piperidine rings is 2. The Hall–Kier alpha value is -0.0800. The van der Waals surface area contributed by atoms with E-state index < -0.39 is 0 Å². The quantitative estimate of drug-likeness (QED) is 0.626. The van der Waals surface area contributed by atoms with E-state index in [0.29, 0.717) is 0 Å². The number of rotatable bonds is 0. The molecule has 3 fully saturated rings. The van der Waals surface area contributed by atoms with Gasteiger partial charge in [0, 0.05) is 13.1 Å². The molecule has 1 spiro atoms. The molecule has 2 heterocycles. The fraction of sp³-hybridized carbons (Fsp3) is 1.00. The van der Waals surface area contributed by atoms with Crippen molar-refractivity contribution in [3.8, 4) is 0 Å². The van der Waals surface area contributed by atoms with Crippen molar-refractivity contribution >= 4 is 0 Å². The van der Waals surface area contributed by atoms with Crippen LogP contribution in [0.3, 0.4) is 0 Å². The summed E-state index contributed by atoms with van der Waals surface area (Å²) in [6.45, 7) is 5.23. The third-order valence-corrected chi connectivity index (χ3v) is 5.01. The first-order chi connectivity index (χ1) is 6.81. The van der Waals surface area contributed by atoms with Crippen LogP contribution < -0.4 is 5.32 Å². The highest BCUT2D eigenvalue weighted by Gasteiger charge is 2.51. The van der Waals surface area contributed by atoms with Gasteiger partial charge < -0.3 is 10.2 Å². The molecule has 1 saturated carbocycles. The summed E-state index contributed by atoms with van der Waals surface area (Å²) in [5, 5.41) is 3.63. The van der Waals surface area contributed by atoms with E-state index in [4.69, 9.17) is 0 Å². The molecule has 2 heteroatoms. The van der Waals surface area contributed by atoms with E-state index in [9.17, 15) is 0 Å². The van der Waals surface area contributed by atoms with Crippen molar-refractivity contribution in [3.05, 3.63) is 0 Å². The van der Waals surface area contributed by atoms with Gasteiger partial charge in [0.15, 0.2) is 0 Å². The SMILES string of the molecule is CN1CC2CNCC(C1)C21CCCC1. The summed E-state index contributed by atoms with van der Waals surface area (Å²) in [6, 6.07) is 0. The zero-order chi connectivity index (χ0) is 9.60. The molecule has 1 N–H and O–H groups in total. The van der Waals surface area contributed by atoms with Crippen molar-refractivity contribution in [3.63, 3.8) is 0 Å². The van der Waals surface area contributed by atoms with Crippen LogP contribution in [-0.2, 0) is 0 Å². The fourth-order valence-corrected chi connectivity index (χ4v) is 4.34. The predicted molar refractivity (Wildman–Crippen MR) is 58.2 cm³/mol. The summed E-state index contributed by atoms with van der Waals surface area (Å²) >= 11 is 0. The smallest absolute Gasteiger partial charge is 0.00243 e. The molecular weight excluding hydrogens is 172 g/mol. The average molecular weight is 194 g/mol. The Bertz CT molecular complexity index is 204. The number of hydrogen-bond acceptors (Lipinski definition) is 2. The molecule has 2 unspecified atom stereocenters. The van der Waals surface area contributed by atoms with Crippen LogP contribution in [0.15, 0.2) is 0 Å². The van der Waals surface area contributed by atoms with Gasteiger partial charge in [0.25, 0.3) is 0 Å². The third kappa shape index (κ3) is 1.17. The zero-order valence-electron chi connectivity index (χ0n) is 9.26. The molecule has 2 bridgehead atoms. The van der Waals surface area contributed by atoms with Gasteiger partial charge in [-0.05, 0) is 50.2 Å². The van der Waals surface area contributed by atoms with Crippen LogP contribution in [0.5, 0.6) is 0 Å². The normalized spacial score (nSPS) is 41.8. The highest BCUT2D eigenvalue weighted by Crippen LogP contribution is 2.53. The maximum absolute atomic E-state index is 3.63. The van der Waals surface area contributed by atoms with Gasteiger partial charge in [0.05, 0.1) is 0 Å². The second kappa shape index (κ2) is 3.21. The standard InChI is InChI=1S/C12H22N2/c1-14-8-10-6-13-7-11(9-14)12(10)4-2-3-5-12/h10-11,13H,2-9H2,1H3. The van der Waals surface area contributed by atoms with E-state index in [1.54, 1.807) is 0 Å². The summed E-state index contributed by atoms with van der Waals surface area (Å²) in [6.07, 6.45) is 6.04. The largest absolute Gasteiger partial charge is 0.316 e. The Morgan fingerprint density at radius 2 is 1.64 bits per heavy atom. The Morgan fingerprint density at radius 1 is 1.07 bits per heavy atom. The van der Waals surface area contributed by atoms with E-state index in [0.717, 1.165) is 17.3 Å². The second-order valence-electron chi connectivity index (χ2n) is 5.71. The van der Waals surface area contributed by atoms with E-state index in [1.165, 1.54) is 51.9 Å². The molecule has 0 amide bonds. The molecule has 2 aliphatic heterocycles. The lowest BCUT2D eigenvalue weighted by atomic mass is 9.61. The molecule has 0 radical (unpaired) electrons. The van der Waals surface area contributed by atoms with Crippen molar-refractivity contribution in [2.45, 2.75) is 25.7 Å². The van der Waals surface area contributed by atoms with Crippen LogP contribution in [-0.4, -0.2) is 38.1 Å². The minimum absolute atomic E-state index is 0.762. The molecule has 2 atom stereocenters. The van der Waals surface area contributed by atoms with Crippen LogP contribution in [0.1, 0.15) is 25.7 Å². The summed E-state index contributed by atoms with van der Waals surface area (Å²) in [5.74, 6) is 1.89. The van der Waals surface area contributed by atoms with Gasteiger partial charge in [-0.3, -0.25) is 0 Å². The lowest BCUT2D eigenvalue weighted by Gasteiger charge is -2.54. The van der Waals surface area contributed by atoms with Gasteiger partial charge in [-0.2, -0.15) is 0 Å². The van der Waals surface area contributed by atoms with Gasteiger partial charge >= 0.3 is 0 Å². The van der Waals surface area contributed by atoms with Crippen molar-refractivity contribution in [1.29, 1.82) is 0 Å². The minimum Gasteiger partial charge on any atom is -0.316 e. The molecule has 80 valence electrons. The monoisotopic (exact) mass is 194 g/mol. The van der Waals surface area contributed by atoms with E-state index >= 15 is 0 Å². The molecule has 1 aliphatic carbocycles. The predicted octanol–water partition coefficient (Wildman–Crippen LogP) is 1.33. The summed E-state index contributed by atoms with van der Waals surface area (Å²) in [5.41, 5.74) is 0.762. The van der Waals surface area contributed by atoms with Gasteiger partial charge in [-0.15, -0.1) is 0 Å². The van der Waals surface area contributed by atoms with Gasteiger partial charge in [-0.25, -0.2) is 0 Å². The van der Waals surface area contributed by atoms with Crippen molar-refractivity contribution < 1.29 is 0 Å². The maximum Gasteiger partial charge on any atom is 0.00243 e. The molecule has 0 aromatic carbocycles. The number of likely N-dealkylation sites (tertiary alicyclic amines) is 1. The third-order valence-electron chi connectivity index (χ3n) is 5.01. The molecule has 2 nitrogen and oxygen atoms in total. The maximum atomic E-state index is 3.63. The van der Waals surface area contributed by atoms with Crippen LogP contribution >= 0.6 is 0 Å². The van der Waals surface area contributed by atoms with E-state index in [-0.39, 0.29) is 0 Å². The molecule has 3 rings (SSSR count). The number of nitrogens with one attached hydrogen (secondary N) is 1. The summed E-state index contributed by atoms with van der Waals surface area (Å²) < 4.78 is 0. The van der Waals surface area contributed by atoms with Gasteiger partial charge in [0.2, 0.25) is 0 Å². The lowest BCUT2D eigenvalue weighted by Crippen LogP contribution is -2.60. The first-order valence-electron chi connectivity index (χ1n) is 6.20. The van der Waals surface area contributed by atoms with Crippen LogP contribution in [0, 0.1) is 17.3 Å². The first kappa shape index (κ1) is 9.17. The fourth-order valence-electron chi connectivity index (χ4n) is 4.34. The molecule has 14 heavy (non-hydrogen) atoms. The Kier molecular flexibility index (Phi) is 2.10. The Balaban J connectivity index is 1.89. The highest BCUT2D eigenvalue weighted by atomic mass is 15.1. The number of hydrogen-bond donors (Lipinski definition) is 1.